The second-order valence-corrected chi connectivity index (χ2v) is 4.33. The SMILES string of the molecule is C/C(N)=C(/C(C)C)C(C)C(C)C. The van der Waals surface area contributed by atoms with Gasteiger partial charge < -0.3 is 5.73 Å². The maximum Gasteiger partial charge on any atom is 0.00462 e. The summed E-state index contributed by atoms with van der Waals surface area (Å²) in [5.74, 6) is 1.86. The van der Waals surface area contributed by atoms with E-state index in [1.165, 1.54) is 5.57 Å². The maximum absolute atomic E-state index is 5.86. The van der Waals surface area contributed by atoms with Crippen molar-refractivity contribution in [2.75, 3.05) is 0 Å². The largest absolute Gasteiger partial charge is 0.402 e. The van der Waals surface area contributed by atoms with Gasteiger partial charge in [-0.2, -0.15) is 0 Å². The van der Waals surface area contributed by atoms with Crippen molar-refractivity contribution in [3.8, 4) is 0 Å². The van der Waals surface area contributed by atoms with E-state index in [1.807, 2.05) is 6.92 Å². The molecule has 0 saturated carbocycles. The van der Waals surface area contributed by atoms with E-state index < -0.39 is 0 Å². The van der Waals surface area contributed by atoms with E-state index in [1.54, 1.807) is 0 Å². The molecule has 72 valence electrons. The van der Waals surface area contributed by atoms with Crippen molar-refractivity contribution in [2.45, 2.75) is 41.5 Å². The number of hydrogen-bond donors (Lipinski definition) is 1. The van der Waals surface area contributed by atoms with Crippen LogP contribution in [0.5, 0.6) is 0 Å². The van der Waals surface area contributed by atoms with Crippen molar-refractivity contribution in [1.29, 1.82) is 0 Å². The Bertz CT molecular complexity index is 162. The van der Waals surface area contributed by atoms with Crippen molar-refractivity contribution in [2.24, 2.45) is 23.5 Å². The van der Waals surface area contributed by atoms with E-state index in [-0.39, 0.29) is 0 Å². The highest BCUT2D eigenvalue weighted by molar-refractivity contribution is 5.14. The molecule has 0 spiro atoms. The third-order valence-corrected chi connectivity index (χ3v) is 2.57. The molecule has 1 unspecified atom stereocenters. The van der Waals surface area contributed by atoms with Crippen LogP contribution in [0.4, 0.5) is 0 Å². The zero-order valence-corrected chi connectivity index (χ0v) is 9.31. The van der Waals surface area contributed by atoms with Gasteiger partial charge in [-0.1, -0.05) is 34.6 Å². The van der Waals surface area contributed by atoms with Gasteiger partial charge in [0, 0.05) is 5.70 Å². The summed E-state index contributed by atoms with van der Waals surface area (Å²) < 4.78 is 0. The minimum Gasteiger partial charge on any atom is -0.402 e. The smallest absolute Gasteiger partial charge is 0.00462 e. The molecular formula is C11H23N. The van der Waals surface area contributed by atoms with Gasteiger partial charge in [0.25, 0.3) is 0 Å². The molecule has 0 aromatic carbocycles. The van der Waals surface area contributed by atoms with E-state index in [2.05, 4.69) is 34.6 Å². The molecule has 0 fully saturated rings. The van der Waals surface area contributed by atoms with Gasteiger partial charge in [-0.05, 0) is 30.3 Å². The lowest BCUT2D eigenvalue weighted by molar-refractivity contribution is 0.438. The van der Waals surface area contributed by atoms with Gasteiger partial charge >= 0.3 is 0 Å². The molecule has 0 aliphatic heterocycles. The lowest BCUT2D eigenvalue weighted by atomic mass is 9.83. The number of nitrogens with two attached hydrogens (primary N) is 1. The zero-order valence-electron chi connectivity index (χ0n) is 9.31. The molecule has 0 saturated heterocycles. The molecule has 0 aromatic heterocycles. The Hall–Kier alpha value is -0.460. The quantitative estimate of drug-likeness (QED) is 0.690. The molecule has 0 aliphatic carbocycles. The third kappa shape index (κ3) is 2.88. The van der Waals surface area contributed by atoms with Crippen molar-refractivity contribution in [1.82, 2.24) is 0 Å². The van der Waals surface area contributed by atoms with Crippen LogP contribution in [0, 0.1) is 17.8 Å². The third-order valence-electron chi connectivity index (χ3n) is 2.57. The molecule has 1 heteroatoms. The first kappa shape index (κ1) is 11.5. The molecule has 0 rings (SSSR count). The van der Waals surface area contributed by atoms with E-state index in [9.17, 15) is 0 Å². The van der Waals surface area contributed by atoms with Crippen molar-refractivity contribution in [3.05, 3.63) is 11.3 Å². The zero-order chi connectivity index (χ0) is 9.89. The molecule has 1 atom stereocenters. The number of hydrogen-bond acceptors (Lipinski definition) is 1. The molecule has 2 N–H and O–H groups in total. The fraction of sp³-hybridized carbons (Fsp3) is 0.818. The van der Waals surface area contributed by atoms with Crippen LogP contribution in [0.15, 0.2) is 11.3 Å². The molecule has 0 heterocycles. The summed E-state index contributed by atoms with van der Waals surface area (Å²) in [7, 11) is 0. The number of allylic oxidation sites excluding steroid dienone is 2. The minimum absolute atomic E-state index is 0.576. The Labute approximate surface area is 77.0 Å². The van der Waals surface area contributed by atoms with Crippen LogP contribution in [0.25, 0.3) is 0 Å². The summed E-state index contributed by atoms with van der Waals surface area (Å²) in [5.41, 5.74) is 8.28. The first-order valence-corrected chi connectivity index (χ1v) is 4.84. The van der Waals surface area contributed by atoms with E-state index in [4.69, 9.17) is 5.73 Å². The molecule has 0 radical (unpaired) electrons. The van der Waals surface area contributed by atoms with Crippen LogP contribution in [-0.2, 0) is 0 Å². The fourth-order valence-electron chi connectivity index (χ4n) is 1.70. The van der Waals surface area contributed by atoms with Gasteiger partial charge in [0.15, 0.2) is 0 Å². The Balaban J connectivity index is 4.66. The Kier molecular flexibility index (Phi) is 4.36. The van der Waals surface area contributed by atoms with Crippen LogP contribution < -0.4 is 5.73 Å². The highest BCUT2D eigenvalue weighted by Crippen LogP contribution is 2.27. The fourth-order valence-corrected chi connectivity index (χ4v) is 1.70. The minimum atomic E-state index is 0.576. The lowest BCUT2D eigenvalue weighted by Crippen LogP contribution is -2.16. The van der Waals surface area contributed by atoms with E-state index >= 15 is 0 Å². The number of rotatable bonds is 3. The molecule has 0 aromatic rings. The lowest BCUT2D eigenvalue weighted by Gasteiger charge is -2.24. The molecule has 1 nitrogen and oxygen atoms in total. The van der Waals surface area contributed by atoms with Gasteiger partial charge in [0.1, 0.15) is 0 Å². The van der Waals surface area contributed by atoms with Gasteiger partial charge in [-0.15, -0.1) is 0 Å². The molecule has 12 heavy (non-hydrogen) atoms. The summed E-state index contributed by atoms with van der Waals surface area (Å²) >= 11 is 0. The monoisotopic (exact) mass is 169 g/mol. The second kappa shape index (κ2) is 4.54. The van der Waals surface area contributed by atoms with Crippen LogP contribution in [-0.4, -0.2) is 0 Å². The molecule has 0 bridgehead atoms. The van der Waals surface area contributed by atoms with Crippen LogP contribution in [0.2, 0.25) is 0 Å². The first-order chi connectivity index (χ1) is 5.37. The Morgan fingerprint density at radius 2 is 1.42 bits per heavy atom. The summed E-state index contributed by atoms with van der Waals surface area (Å²) in [6.45, 7) is 13.2. The van der Waals surface area contributed by atoms with Gasteiger partial charge in [-0.3, -0.25) is 0 Å². The predicted octanol–water partition coefficient (Wildman–Crippen LogP) is 3.17. The highest BCUT2D eigenvalue weighted by Gasteiger charge is 2.17. The van der Waals surface area contributed by atoms with Gasteiger partial charge in [-0.25, -0.2) is 0 Å². The summed E-state index contributed by atoms with van der Waals surface area (Å²) in [4.78, 5) is 0. The summed E-state index contributed by atoms with van der Waals surface area (Å²) in [6.07, 6.45) is 0. The van der Waals surface area contributed by atoms with Crippen molar-refractivity contribution >= 4 is 0 Å². The summed E-state index contributed by atoms with van der Waals surface area (Å²) in [5, 5.41) is 0. The average molecular weight is 169 g/mol. The average Bonchev–Trinajstić information content (AvgIpc) is 1.85. The molecule has 0 aliphatic rings. The van der Waals surface area contributed by atoms with Gasteiger partial charge in [0.05, 0.1) is 0 Å². The van der Waals surface area contributed by atoms with E-state index in [0.29, 0.717) is 17.8 Å². The standard InChI is InChI=1S/C11H23N/c1-7(2)9(5)11(8(3)4)10(6)12/h7-9H,12H2,1-6H3/b11-10+. The second-order valence-electron chi connectivity index (χ2n) is 4.33. The Morgan fingerprint density at radius 1 is 1.00 bits per heavy atom. The van der Waals surface area contributed by atoms with Crippen LogP contribution in [0.3, 0.4) is 0 Å². The Morgan fingerprint density at radius 3 is 1.50 bits per heavy atom. The normalized spacial score (nSPS) is 16.7. The maximum atomic E-state index is 5.86. The van der Waals surface area contributed by atoms with Crippen molar-refractivity contribution < 1.29 is 0 Å². The van der Waals surface area contributed by atoms with Gasteiger partial charge in [0.2, 0.25) is 0 Å². The predicted molar refractivity (Wildman–Crippen MR) is 55.7 cm³/mol. The van der Waals surface area contributed by atoms with Crippen LogP contribution in [0.1, 0.15) is 41.5 Å². The van der Waals surface area contributed by atoms with Crippen molar-refractivity contribution in [3.63, 3.8) is 0 Å². The summed E-state index contributed by atoms with van der Waals surface area (Å²) in [6, 6.07) is 0. The molecule has 0 amide bonds. The molecular weight excluding hydrogens is 146 g/mol. The first-order valence-electron chi connectivity index (χ1n) is 4.84. The van der Waals surface area contributed by atoms with E-state index in [0.717, 1.165) is 5.70 Å². The topological polar surface area (TPSA) is 26.0 Å². The highest BCUT2D eigenvalue weighted by atomic mass is 14.6. The van der Waals surface area contributed by atoms with Crippen LogP contribution >= 0.6 is 0 Å².